The molecule has 0 aliphatic rings. The van der Waals surface area contributed by atoms with Gasteiger partial charge in [0.2, 0.25) is 0 Å². The maximum Gasteiger partial charge on any atom is 0.338 e. The van der Waals surface area contributed by atoms with Gasteiger partial charge in [0.15, 0.2) is 6.10 Å². The van der Waals surface area contributed by atoms with Crippen molar-refractivity contribution >= 4 is 17.6 Å². The molecule has 0 saturated heterocycles. The van der Waals surface area contributed by atoms with Crippen LogP contribution in [0.3, 0.4) is 0 Å². The molecule has 0 spiro atoms. The molecule has 0 aromatic heterocycles. The molecule has 5 nitrogen and oxygen atoms in total. The summed E-state index contributed by atoms with van der Waals surface area (Å²) in [5.41, 5.74) is 5.12. The first-order valence-electron chi connectivity index (χ1n) is 9.06. The van der Waals surface area contributed by atoms with E-state index in [4.69, 9.17) is 9.47 Å². The van der Waals surface area contributed by atoms with Crippen LogP contribution in [-0.4, -0.2) is 24.6 Å². The first kappa shape index (κ1) is 20.5. The molecule has 1 amide bonds. The maximum absolute atomic E-state index is 12.5. The fourth-order valence-electron chi connectivity index (χ4n) is 2.75. The molecule has 27 heavy (non-hydrogen) atoms. The largest absolute Gasteiger partial charge is 0.481 e. The summed E-state index contributed by atoms with van der Waals surface area (Å²) in [4.78, 5) is 24.3. The Bertz CT molecular complexity index is 858. The van der Waals surface area contributed by atoms with Crippen molar-refractivity contribution in [2.24, 2.45) is 0 Å². The number of esters is 1. The van der Waals surface area contributed by atoms with Gasteiger partial charge in [0.1, 0.15) is 5.75 Å². The van der Waals surface area contributed by atoms with E-state index in [1.807, 2.05) is 33.8 Å². The van der Waals surface area contributed by atoms with Gasteiger partial charge in [-0.25, -0.2) is 4.79 Å². The lowest BCUT2D eigenvalue weighted by Gasteiger charge is -2.18. The van der Waals surface area contributed by atoms with E-state index in [-0.39, 0.29) is 11.9 Å². The lowest BCUT2D eigenvalue weighted by molar-refractivity contribution is -0.122. The second-order valence-corrected chi connectivity index (χ2v) is 6.70. The van der Waals surface area contributed by atoms with Gasteiger partial charge >= 0.3 is 5.97 Å². The zero-order valence-electron chi connectivity index (χ0n) is 16.8. The summed E-state index contributed by atoms with van der Waals surface area (Å²) in [6.45, 7) is 11.6. The molecule has 1 atom stereocenters. The number of amides is 1. The predicted molar refractivity (Wildman–Crippen MR) is 107 cm³/mol. The normalized spacial score (nSPS) is 11.6. The highest BCUT2D eigenvalue weighted by Gasteiger charge is 2.18. The van der Waals surface area contributed by atoms with Crippen LogP contribution in [0.25, 0.3) is 0 Å². The zero-order chi connectivity index (χ0) is 20.1. The van der Waals surface area contributed by atoms with Crippen LogP contribution in [0.2, 0.25) is 0 Å². The van der Waals surface area contributed by atoms with Crippen molar-refractivity contribution in [3.8, 4) is 5.75 Å². The summed E-state index contributed by atoms with van der Waals surface area (Å²) in [5.74, 6) is 0.0885. The molecule has 2 aromatic carbocycles. The standard InChI is InChI=1S/C22H27NO4/c1-7-26-22(25)18-8-9-19(15(4)12-18)23-21(24)17(6)27-20-11-13(2)10-14(3)16(20)5/h8-12,17H,7H2,1-6H3,(H,23,24)/t17-/m1/s1. The molecule has 0 radical (unpaired) electrons. The van der Waals surface area contributed by atoms with E-state index in [2.05, 4.69) is 11.4 Å². The zero-order valence-corrected chi connectivity index (χ0v) is 16.8. The first-order valence-corrected chi connectivity index (χ1v) is 9.06. The maximum atomic E-state index is 12.5. The number of rotatable bonds is 6. The van der Waals surface area contributed by atoms with Crippen molar-refractivity contribution < 1.29 is 19.1 Å². The van der Waals surface area contributed by atoms with Crippen molar-refractivity contribution in [1.82, 2.24) is 0 Å². The molecule has 0 aliphatic carbocycles. The highest BCUT2D eigenvalue weighted by Crippen LogP contribution is 2.25. The summed E-state index contributed by atoms with van der Waals surface area (Å²) in [7, 11) is 0. The molecule has 2 rings (SSSR count). The number of benzene rings is 2. The molecule has 5 heteroatoms. The van der Waals surface area contributed by atoms with E-state index < -0.39 is 6.10 Å². The fourth-order valence-corrected chi connectivity index (χ4v) is 2.75. The van der Waals surface area contributed by atoms with Gasteiger partial charge in [-0.1, -0.05) is 6.07 Å². The van der Waals surface area contributed by atoms with Crippen LogP contribution in [0.4, 0.5) is 5.69 Å². The van der Waals surface area contributed by atoms with Crippen LogP contribution in [0.15, 0.2) is 30.3 Å². The molecule has 0 heterocycles. The topological polar surface area (TPSA) is 64.6 Å². The SMILES string of the molecule is CCOC(=O)c1ccc(NC(=O)[C@@H](C)Oc2cc(C)cc(C)c2C)c(C)c1. The van der Waals surface area contributed by atoms with Gasteiger partial charge in [-0.05, 0) is 88.1 Å². The number of aryl methyl sites for hydroxylation is 3. The third kappa shape index (κ3) is 5.09. The Balaban J connectivity index is 2.09. The quantitative estimate of drug-likeness (QED) is 0.761. The second kappa shape index (κ2) is 8.71. The minimum Gasteiger partial charge on any atom is -0.481 e. The average molecular weight is 369 g/mol. The van der Waals surface area contributed by atoms with Gasteiger partial charge in [-0.3, -0.25) is 4.79 Å². The Morgan fingerprint density at radius 3 is 2.37 bits per heavy atom. The lowest BCUT2D eigenvalue weighted by atomic mass is 10.1. The number of hydrogen-bond acceptors (Lipinski definition) is 4. The van der Waals surface area contributed by atoms with Crippen LogP contribution >= 0.6 is 0 Å². The predicted octanol–water partition coefficient (Wildman–Crippen LogP) is 4.50. The van der Waals surface area contributed by atoms with Crippen LogP contribution in [0.1, 0.15) is 46.5 Å². The van der Waals surface area contributed by atoms with Crippen LogP contribution in [-0.2, 0) is 9.53 Å². The van der Waals surface area contributed by atoms with E-state index in [9.17, 15) is 9.59 Å². The molecular weight excluding hydrogens is 342 g/mol. The summed E-state index contributed by atoms with van der Waals surface area (Å²) in [6, 6.07) is 9.06. The number of nitrogens with one attached hydrogen (secondary N) is 1. The van der Waals surface area contributed by atoms with E-state index >= 15 is 0 Å². The highest BCUT2D eigenvalue weighted by molar-refractivity contribution is 5.96. The van der Waals surface area contributed by atoms with Gasteiger partial charge in [0.05, 0.1) is 12.2 Å². The number of carbonyl (C=O) groups is 2. The Hall–Kier alpha value is -2.82. The van der Waals surface area contributed by atoms with Gasteiger partial charge in [0, 0.05) is 5.69 Å². The monoisotopic (exact) mass is 369 g/mol. The van der Waals surface area contributed by atoms with Crippen LogP contribution in [0, 0.1) is 27.7 Å². The molecule has 0 unspecified atom stereocenters. The average Bonchev–Trinajstić information content (AvgIpc) is 2.60. The number of ether oxygens (including phenoxy) is 2. The van der Waals surface area contributed by atoms with Crippen molar-refractivity contribution in [2.75, 3.05) is 11.9 Å². The Morgan fingerprint density at radius 1 is 1.04 bits per heavy atom. The van der Waals surface area contributed by atoms with Gasteiger partial charge in [-0.15, -0.1) is 0 Å². The smallest absolute Gasteiger partial charge is 0.338 e. The Labute approximate surface area is 160 Å². The van der Waals surface area contributed by atoms with E-state index in [1.165, 1.54) is 0 Å². The van der Waals surface area contributed by atoms with Crippen molar-refractivity contribution in [3.63, 3.8) is 0 Å². The first-order chi connectivity index (χ1) is 12.7. The highest BCUT2D eigenvalue weighted by atomic mass is 16.5. The van der Waals surface area contributed by atoms with Gasteiger partial charge in [0.25, 0.3) is 5.91 Å². The van der Waals surface area contributed by atoms with Gasteiger partial charge in [-0.2, -0.15) is 0 Å². The van der Waals surface area contributed by atoms with Crippen molar-refractivity contribution in [1.29, 1.82) is 0 Å². The van der Waals surface area contributed by atoms with Gasteiger partial charge < -0.3 is 14.8 Å². The lowest BCUT2D eigenvalue weighted by Crippen LogP contribution is -2.30. The van der Waals surface area contributed by atoms with Crippen molar-refractivity contribution in [2.45, 2.75) is 47.6 Å². The summed E-state index contributed by atoms with van der Waals surface area (Å²) >= 11 is 0. The van der Waals surface area contributed by atoms with E-state index in [0.29, 0.717) is 23.6 Å². The summed E-state index contributed by atoms with van der Waals surface area (Å²) in [5, 5.41) is 2.86. The molecule has 0 aliphatic heterocycles. The molecule has 2 aromatic rings. The molecule has 0 saturated carbocycles. The second-order valence-electron chi connectivity index (χ2n) is 6.70. The van der Waals surface area contributed by atoms with Crippen LogP contribution < -0.4 is 10.1 Å². The fraction of sp³-hybridized carbons (Fsp3) is 0.364. The molecule has 0 fully saturated rings. The number of anilines is 1. The summed E-state index contributed by atoms with van der Waals surface area (Å²) in [6.07, 6.45) is -0.658. The minimum atomic E-state index is -0.658. The van der Waals surface area contributed by atoms with E-state index in [0.717, 1.165) is 22.3 Å². The molecular formula is C22H27NO4. The van der Waals surface area contributed by atoms with Crippen LogP contribution in [0.5, 0.6) is 5.75 Å². The third-order valence-electron chi connectivity index (χ3n) is 4.43. The van der Waals surface area contributed by atoms with Crippen molar-refractivity contribution in [3.05, 3.63) is 58.1 Å². The number of hydrogen-bond donors (Lipinski definition) is 1. The number of carbonyl (C=O) groups excluding carboxylic acids is 2. The Kier molecular flexibility index (Phi) is 6.61. The molecule has 1 N–H and O–H groups in total. The third-order valence-corrected chi connectivity index (χ3v) is 4.43. The Morgan fingerprint density at radius 2 is 1.74 bits per heavy atom. The van der Waals surface area contributed by atoms with E-state index in [1.54, 1.807) is 32.0 Å². The molecule has 144 valence electrons. The summed E-state index contributed by atoms with van der Waals surface area (Å²) < 4.78 is 10.9. The molecule has 0 bridgehead atoms. The minimum absolute atomic E-state index is 0.249.